The molecule has 14 heteroatoms. The average Bonchev–Trinajstić information content (AvgIpc) is 3.41. The Morgan fingerprint density at radius 1 is 1.15 bits per heavy atom. The van der Waals surface area contributed by atoms with E-state index >= 15 is 0 Å². The maximum Gasteiger partial charge on any atom is 0.459 e. The molecule has 0 saturated heterocycles. The number of carbonyl (C=O) groups excluding carboxylic acids is 1. The molecule has 0 fully saturated rings. The van der Waals surface area contributed by atoms with Gasteiger partial charge in [0.2, 0.25) is 11.8 Å². The number of rotatable bonds is 17. The number of carbonyl (C=O) groups is 1. The zero-order valence-corrected chi connectivity index (χ0v) is 24.1. The Bertz CT molecular complexity index is 1260. The van der Waals surface area contributed by atoms with Gasteiger partial charge in [0, 0.05) is 6.20 Å². The van der Waals surface area contributed by atoms with Crippen molar-refractivity contribution in [3.8, 4) is 22.9 Å². The summed E-state index contributed by atoms with van der Waals surface area (Å²) in [5, 5.41) is 2.68. The number of imidazole rings is 1. The van der Waals surface area contributed by atoms with Crippen LogP contribution in [0.15, 0.2) is 49.1 Å². The molecule has 13 nitrogen and oxygen atoms in total. The fourth-order valence-electron chi connectivity index (χ4n) is 3.59. The van der Waals surface area contributed by atoms with Crippen molar-refractivity contribution in [3.05, 3.63) is 49.1 Å². The summed E-state index contributed by atoms with van der Waals surface area (Å²) in [6, 6.07) is 7.61. The zero-order valence-electron chi connectivity index (χ0n) is 23.2. The molecule has 0 aliphatic heterocycles. The van der Waals surface area contributed by atoms with E-state index < -0.39 is 19.8 Å². The molecular weight excluding hydrogens is 539 g/mol. The van der Waals surface area contributed by atoms with E-state index in [0.717, 1.165) is 12.8 Å². The van der Waals surface area contributed by atoms with E-state index in [9.17, 15) is 9.36 Å². The van der Waals surface area contributed by atoms with Crippen molar-refractivity contribution in [1.82, 2.24) is 24.6 Å². The molecule has 0 aliphatic rings. The first-order valence-corrected chi connectivity index (χ1v) is 14.5. The summed E-state index contributed by atoms with van der Waals surface area (Å²) in [5.41, 5.74) is 6.89. The molecule has 1 aromatic carbocycles. The molecule has 40 heavy (non-hydrogen) atoms. The summed E-state index contributed by atoms with van der Waals surface area (Å²) in [7, 11) is -2.50. The molecule has 2 heterocycles. The summed E-state index contributed by atoms with van der Waals surface area (Å²) in [6.45, 7) is 5.99. The summed E-state index contributed by atoms with van der Waals surface area (Å²) >= 11 is 0. The first-order chi connectivity index (χ1) is 19.3. The van der Waals surface area contributed by atoms with Crippen LogP contribution in [-0.2, 0) is 30.1 Å². The van der Waals surface area contributed by atoms with Gasteiger partial charge in [-0.3, -0.25) is 9.32 Å². The van der Waals surface area contributed by atoms with Crippen LogP contribution in [0.5, 0.6) is 11.6 Å². The number of benzene rings is 1. The first-order valence-electron chi connectivity index (χ1n) is 13.0. The van der Waals surface area contributed by atoms with E-state index in [0.29, 0.717) is 29.5 Å². The Balaban J connectivity index is 1.59. The van der Waals surface area contributed by atoms with Crippen molar-refractivity contribution >= 4 is 19.7 Å². The van der Waals surface area contributed by atoms with Gasteiger partial charge in [0.25, 0.3) is 0 Å². The van der Waals surface area contributed by atoms with Crippen LogP contribution in [0.4, 0.5) is 5.95 Å². The number of methoxy groups -OCH3 is 1. The van der Waals surface area contributed by atoms with Gasteiger partial charge in [-0.05, 0) is 25.0 Å². The highest BCUT2D eigenvalue weighted by Gasteiger charge is 2.32. The van der Waals surface area contributed by atoms with Crippen molar-refractivity contribution in [3.63, 3.8) is 0 Å². The molecule has 3 rings (SSSR count). The maximum absolute atomic E-state index is 13.6. The third-order valence-electron chi connectivity index (χ3n) is 5.96. The van der Waals surface area contributed by atoms with Crippen LogP contribution < -0.4 is 20.1 Å². The predicted octanol–water partition coefficient (Wildman–Crippen LogP) is 4.07. The Morgan fingerprint density at radius 3 is 2.60 bits per heavy atom. The van der Waals surface area contributed by atoms with E-state index in [1.165, 1.54) is 13.3 Å². The van der Waals surface area contributed by atoms with Gasteiger partial charge in [-0.25, -0.2) is 14.5 Å². The fourth-order valence-corrected chi connectivity index (χ4v) is 5.06. The molecule has 2 aromatic heterocycles. The third kappa shape index (κ3) is 9.02. The molecule has 0 spiro atoms. The number of anilines is 1. The summed E-state index contributed by atoms with van der Waals surface area (Å²) in [5.74, 6) is 0.430. The Morgan fingerprint density at radius 2 is 1.90 bits per heavy atom. The van der Waals surface area contributed by atoms with Crippen LogP contribution in [0.3, 0.4) is 0 Å². The lowest BCUT2D eigenvalue weighted by Crippen LogP contribution is -2.36. The van der Waals surface area contributed by atoms with Crippen LogP contribution in [0, 0.1) is 5.92 Å². The Labute approximate surface area is 234 Å². The third-order valence-corrected chi connectivity index (χ3v) is 7.64. The molecule has 0 unspecified atom stereocenters. The number of hydrogen-bond donors (Lipinski definition) is 2. The lowest BCUT2D eigenvalue weighted by molar-refractivity contribution is -0.146. The number of nitrogens with zero attached hydrogens (tertiary/aromatic N) is 4. The predicted molar refractivity (Wildman–Crippen MR) is 148 cm³/mol. The van der Waals surface area contributed by atoms with Crippen molar-refractivity contribution in [2.45, 2.75) is 46.4 Å². The number of esters is 1. The number of nitrogens with one attached hydrogen (secondary N) is 1. The van der Waals surface area contributed by atoms with Crippen molar-refractivity contribution in [1.29, 1.82) is 0 Å². The second-order valence-electron chi connectivity index (χ2n) is 8.84. The van der Waals surface area contributed by atoms with Gasteiger partial charge in [0.15, 0.2) is 0 Å². The maximum atomic E-state index is 13.6. The summed E-state index contributed by atoms with van der Waals surface area (Å²) in [4.78, 5) is 24.8. The molecule has 3 aromatic rings. The molecular formula is C26H37N6O7P. The van der Waals surface area contributed by atoms with E-state index in [1.807, 2.05) is 13.8 Å². The number of nitrogens with two attached hydrogens (primary N) is 1. The second-order valence-corrected chi connectivity index (χ2v) is 10.5. The Hall–Kier alpha value is -3.51. The minimum Gasteiger partial charge on any atom is -0.480 e. The van der Waals surface area contributed by atoms with Crippen LogP contribution >= 0.6 is 7.75 Å². The molecule has 0 amide bonds. The molecule has 0 aliphatic carbocycles. The summed E-state index contributed by atoms with van der Waals surface area (Å²) in [6.07, 6.45) is 6.52. The van der Waals surface area contributed by atoms with Gasteiger partial charge in [0.05, 0.1) is 50.7 Å². The van der Waals surface area contributed by atoms with E-state index in [1.54, 1.807) is 54.3 Å². The second kappa shape index (κ2) is 15.3. The van der Waals surface area contributed by atoms with E-state index in [2.05, 4.69) is 20.0 Å². The SMILES string of the molecule is CCC(CC)COC(=O)[C@H](C)N[P@](=O)(OCCOCn1cncc1-c1cnc(N)nc1OC)Oc1ccccc1. The number of aromatic nitrogens is 4. The van der Waals surface area contributed by atoms with Gasteiger partial charge in [-0.1, -0.05) is 44.9 Å². The number of hydrogen-bond acceptors (Lipinski definition) is 11. The molecule has 0 saturated carbocycles. The minimum absolute atomic E-state index is 0.0598. The minimum atomic E-state index is -3.98. The number of ether oxygens (including phenoxy) is 3. The van der Waals surface area contributed by atoms with Crippen LogP contribution in [0.25, 0.3) is 11.3 Å². The van der Waals surface area contributed by atoms with E-state index in [4.69, 9.17) is 29.0 Å². The van der Waals surface area contributed by atoms with Crippen molar-refractivity contribution in [2.24, 2.45) is 5.92 Å². The lowest BCUT2D eigenvalue weighted by atomic mass is 10.1. The van der Waals surface area contributed by atoms with Gasteiger partial charge in [-0.2, -0.15) is 10.1 Å². The quantitative estimate of drug-likeness (QED) is 0.135. The molecule has 0 radical (unpaired) electrons. The highest BCUT2D eigenvalue weighted by atomic mass is 31.2. The van der Waals surface area contributed by atoms with Crippen LogP contribution in [-0.4, -0.2) is 58.5 Å². The highest BCUT2D eigenvalue weighted by Crippen LogP contribution is 2.44. The molecule has 3 N–H and O–H groups in total. The average molecular weight is 577 g/mol. The topological polar surface area (TPSA) is 162 Å². The standard InChI is InChI=1S/C26H37N6O7P/c1-5-20(6-2)16-37-25(33)19(3)31-40(34,39-21-10-8-7-9-11-21)38-13-12-36-18-32-17-28-15-23(32)22-14-29-26(27)30-24(22)35-4/h7-11,14-15,17,19-20H,5-6,12-13,16,18H2,1-4H3,(H,31,34)(H2,27,29,30)/t19-,40-/m0/s1. The smallest absolute Gasteiger partial charge is 0.459 e. The molecule has 2 atom stereocenters. The number of para-hydroxylation sites is 1. The largest absolute Gasteiger partial charge is 0.480 e. The number of nitrogen functional groups attached to an aromatic ring is 1. The van der Waals surface area contributed by atoms with Crippen LogP contribution in [0.2, 0.25) is 0 Å². The fraction of sp³-hybridized carbons (Fsp3) is 0.462. The van der Waals surface area contributed by atoms with Crippen molar-refractivity contribution in [2.75, 3.05) is 32.7 Å². The highest BCUT2D eigenvalue weighted by molar-refractivity contribution is 7.52. The van der Waals surface area contributed by atoms with Gasteiger partial charge in [-0.15, -0.1) is 0 Å². The van der Waals surface area contributed by atoms with Gasteiger partial charge >= 0.3 is 13.7 Å². The van der Waals surface area contributed by atoms with E-state index in [-0.39, 0.29) is 31.8 Å². The normalized spacial score (nSPS) is 13.5. The lowest BCUT2D eigenvalue weighted by Gasteiger charge is -2.23. The van der Waals surface area contributed by atoms with Gasteiger partial charge in [0.1, 0.15) is 18.5 Å². The monoisotopic (exact) mass is 576 g/mol. The molecule has 0 bridgehead atoms. The van der Waals surface area contributed by atoms with Crippen molar-refractivity contribution < 1.29 is 32.6 Å². The molecule has 218 valence electrons. The zero-order chi connectivity index (χ0) is 29.0. The first kappa shape index (κ1) is 31.0. The Kier molecular flexibility index (Phi) is 11.9. The summed E-state index contributed by atoms with van der Waals surface area (Å²) < 4.78 is 43.0. The van der Waals surface area contributed by atoms with Crippen LogP contribution in [0.1, 0.15) is 33.6 Å². The van der Waals surface area contributed by atoms with Gasteiger partial charge < -0.3 is 29.0 Å².